The minimum atomic E-state index is -3.70. The van der Waals surface area contributed by atoms with Crippen LogP contribution in [0.4, 0.5) is 0 Å². The first-order valence-corrected chi connectivity index (χ1v) is 10.8. The molecule has 0 unspecified atom stereocenters. The molecule has 2 N–H and O–H groups in total. The van der Waals surface area contributed by atoms with Gasteiger partial charge in [-0.05, 0) is 24.0 Å². The molecule has 3 aromatic rings. The fourth-order valence-electron chi connectivity index (χ4n) is 3.52. The van der Waals surface area contributed by atoms with Gasteiger partial charge in [0.05, 0.1) is 5.22 Å². The fraction of sp³-hybridized carbons (Fsp3) is 0.238. The van der Waals surface area contributed by atoms with E-state index in [1.54, 1.807) is 0 Å². The lowest BCUT2D eigenvalue weighted by atomic mass is 9.89. The molecule has 0 bridgehead atoms. The van der Waals surface area contributed by atoms with Crippen LogP contribution in [0.15, 0.2) is 70.7 Å². The van der Waals surface area contributed by atoms with E-state index in [2.05, 4.69) is 44.2 Å². The smallest absolute Gasteiger partial charge is 0.260 e. The number of nitrogens with one attached hydrogen (secondary N) is 2. The van der Waals surface area contributed by atoms with Crippen molar-refractivity contribution in [3.63, 3.8) is 0 Å². The standard InChI is InChI=1S/C21H22N4O2S/c26-28(27,21-19-12-7-14-22-20(19)24-25-21)23-15-13-18(16-8-3-1-4-9-16)17-10-5-2-6-11-17/h1-6,8-12,18,23H,7,13-15H2,(H,22,24). The quantitative estimate of drug-likeness (QED) is 0.640. The number of rotatable bonds is 7. The zero-order valence-electron chi connectivity index (χ0n) is 15.4. The van der Waals surface area contributed by atoms with E-state index in [1.165, 1.54) is 0 Å². The molecule has 144 valence electrons. The second-order valence-electron chi connectivity index (χ2n) is 6.73. The molecule has 2 aromatic carbocycles. The summed E-state index contributed by atoms with van der Waals surface area (Å²) in [6.07, 6.45) is 3.24. The van der Waals surface area contributed by atoms with E-state index >= 15 is 0 Å². The highest BCUT2D eigenvalue weighted by molar-refractivity contribution is 7.89. The van der Waals surface area contributed by atoms with Crippen molar-refractivity contribution in [1.82, 2.24) is 14.9 Å². The normalized spacial score (nSPS) is 13.6. The molecular weight excluding hydrogens is 372 g/mol. The molecule has 2 heterocycles. The van der Waals surface area contributed by atoms with Gasteiger partial charge in [0.1, 0.15) is 0 Å². The van der Waals surface area contributed by atoms with E-state index < -0.39 is 10.0 Å². The maximum absolute atomic E-state index is 12.8. The summed E-state index contributed by atoms with van der Waals surface area (Å²) in [6.45, 7) is 0.966. The molecule has 1 aliphatic rings. The van der Waals surface area contributed by atoms with Crippen LogP contribution in [0.5, 0.6) is 0 Å². The van der Waals surface area contributed by atoms with Crippen LogP contribution in [0, 0.1) is 0 Å². The maximum Gasteiger partial charge on any atom is 0.260 e. The van der Waals surface area contributed by atoms with E-state index in [9.17, 15) is 8.42 Å². The Hall–Kier alpha value is -2.77. The minimum absolute atomic E-state index is 0.0296. The molecule has 0 atom stereocenters. The largest absolute Gasteiger partial charge is 0.266 e. The van der Waals surface area contributed by atoms with Crippen LogP contribution in [-0.4, -0.2) is 31.7 Å². The van der Waals surface area contributed by atoms with Gasteiger partial charge in [0.15, 0.2) is 5.49 Å². The van der Waals surface area contributed by atoms with Gasteiger partial charge in [-0.2, -0.15) is 5.10 Å². The molecule has 1 aromatic heterocycles. The molecule has 28 heavy (non-hydrogen) atoms. The first-order chi connectivity index (χ1) is 13.6. The molecule has 0 aliphatic carbocycles. The number of H-pyrrole nitrogens is 1. The second-order valence-corrected chi connectivity index (χ2v) is 8.41. The molecule has 6 nitrogen and oxygen atoms in total. The Balaban J connectivity index is 1.53. The summed E-state index contributed by atoms with van der Waals surface area (Å²) in [7, 11) is -3.70. The predicted octanol–water partition coefficient (Wildman–Crippen LogP) is 1.71. The Bertz CT molecular complexity index is 1120. The Morgan fingerprint density at radius 1 is 1.00 bits per heavy atom. The summed E-state index contributed by atoms with van der Waals surface area (Å²) in [5, 5.41) is 7.30. The molecule has 0 radical (unpaired) electrons. The lowest BCUT2D eigenvalue weighted by Crippen LogP contribution is -2.34. The summed E-state index contributed by atoms with van der Waals surface area (Å²) < 4.78 is 28.2. The molecule has 0 amide bonds. The molecule has 0 fully saturated rings. The highest BCUT2D eigenvalue weighted by Gasteiger charge is 2.22. The minimum Gasteiger partial charge on any atom is -0.266 e. The van der Waals surface area contributed by atoms with Crippen molar-refractivity contribution in [3.05, 3.63) is 82.5 Å². The number of fused-ring (bicyclic) bond motifs is 1. The third kappa shape index (κ3) is 3.90. The van der Waals surface area contributed by atoms with Crippen LogP contribution < -0.4 is 15.4 Å². The first kappa shape index (κ1) is 18.6. The topological polar surface area (TPSA) is 87.2 Å². The molecule has 0 spiro atoms. The van der Waals surface area contributed by atoms with E-state index in [0.717, 1.165) is 17.5 Å². The summed E-state index contributed by atoms with van der Waals surface area (Å²) in [4.78, 5) is 4.27. The zero-order valence-corrected chi connectivity index (χ0v) is 16.2. The van der Waals surface area contributed by atoms with E-state index in [1.807, 2.05) is 42.5 Å². The number of hydrogen-bond donors (Lipinski definition) is 2. The van der Waals surface area contributed by atoms with Crippen molar-refractivity contribution in [2.24, 2.45) is 4.99 Å². The number of nitrogens with zero attached hydrogens (tertiary/aromatic N) is 2. The molecule has 4 rings (SSSR count). The van der Waals surface area contributed by atoms with Gasteiger partial charge in [-0.15, -0.1) is 0 Å². The third-order valence-corrected chi connectivity index (χ3v) is 6.28. The highest BCUT2D eigenvalue weighted by atomic mass is 32.2. The van der Waals surface area contributed by atoms with Crippen LogP contribution in [0.25, 0.3) is 6.08 Å². The van der Waals surface area contributed by atoms with Gasteiger partial charge in [-0.3, -0.25) is 10.1 Å². The van der Waals surface area contributed by atoms with E-state index in [-0.39, 0.29) is 10.9 Å². The zero-order chi connectivity index (χ0) is 19.4. The molecular formula is C21H22N4O2S. The molecule has 7 heteroatoms. The summed E-state index contributed by atoms with van der Waals surface area (Å²) >= 11 is 0. The van der Waals surface area contributed by atoms with Crippen LogP contribution in [-0.2, 0) is 10.0 Å². The van der Waals surface area contributed by atoms with E-state index in [0.29, 0.717) is 30.2 Å². The number of hydrogen-bond acceptors (Lipinski definition) is 4. The summed E-state index contributed by atoms with van der Waals surface area (Å²) in [5.41, 5.74) is 2.87. The highest BCUT2D eigenvalue weighted by Crippen LogP contribution is 2.27. The average molecular weight is 395 g/mol. The lowest BCUT2D eigenvalue weighted by molar-refractivity contribution is 0.570. The van der Waals surface area contributed by atoms with Gasteiger partial charge >= 0.3 is 0 Å². The van der Waals surface area contributed by atoms with Gasteiger partial charge in [0.25, 0.3) is 10.0 Å². The Morgan fingerprint density at radius 3 is 2.29 bits per heavy atom. The molecule has 0 saturated carbocycles. The molecule has 1 aliphatic heterocycles. The van der Waals surface area contributed by atoms with Gasteiger partial charge in [-0.1, -0.05) is 66.7 Å². The van der Waals surface area contributed by atoms with Gasteiger partial charge in [0.2, 0.25) is 5.03 Å². The van der Waals surface area contributed by atoms with Gasteiger partial charge in [0, 0.05) is 19.0 Å². The van der Waals surface area contributed by atoms with Crippen LogP contribution in [0.2, 0.25) is 0 Å². The van der Waals surface area contributed by atoms with Gasteiger partial charge < -0.3 is 0 Å². The van der Waals surface area contributed by atoms with Gasteiger partial charge in [-0.25, -0.2) is 13.1 Å². The maximum atomic E-state index is 12.8. The third-order valence-electron chi connectivity index (χ3n) is 4.88. The SMILES string of the molecule is O=S(=O)(NCCC(c1ccccc1)c1ccccc1)c1n[nH]c2c1=CCCN=2. The van der Waals surface area contributed by atoms with Crippen molar-refractivity contribution >= 4 is 16.1 Å². The second kappa shape index (κ2) is 8.08. The molecule has 0 saturated heterocycles. The van der Waals surface area contributed by atoms with Crippen molar-refractivity contribution in [1.29, 1.82) is 0 Å². The predicted molar refractivity (Wildman–Crippen MR) is 108 cm³/mol. The summed E-state index contributed by atoms with van der Waals surface area (Å²) in [5.74, 6) is 0.111. The van der Waals surface area contributed by atoms with Crippen LogP contribution >= 0.6 is 0 Å². The van der Waals surface area contributed by atoms with Crippen LogP contribution in [0.3, 0.4) is 0 Å². The van der Waals surface area contributed by atoms with Crippen molar-refractivity contribution in [3.8, 4) is 0 Å². The lowest BCUT2D eigenvalue weighted by Gasteiger charge is -2.18. The van der Waals surface area contributed by atoms with Crippen molar-refractivity contribution in [2.75, 3.05) is 13.1 Å². The Kier molecular flexibility index (Phi) is 5.36. The number of benzene rings is 2. The number of sulfonamides is 1. The average Bonchev–Trinajstić information content (AvgIpc) is 3.18. The fourth-order valence-corrected chi connectivity index (χ4v) is 4.68. The van der Waals surface area contributed by atoms with E-state index in [4.69, 9.17) is 0 Å². The van der Waals surface area contributed by atoms with Crippen molar-refractivity contribution in [2.45, 2.75) is 23.8 Å². The Labute approximate surface area is 164 Å². The van der Waals surface area contributed by atoms with Crippen LogP contribution in [0.1, 0.15) is 29.9 Å². The number of aromatic amines is 1. The van der Waals surface area contributed by atoms with Crippen molar-refractivity contribution < 1.29 is 8.42 Å². The first-order valence-electron chi connectivity index (χ1n) is 9.34. The Morgan fingerprint density at radius 2 is 1.64 bits per heavy atom. The number of aromatic nitrogens is 2. The summed E-state index contributed by atoms with van der Waals surface area (Å²) in [6, 6.07) is 20.3. The monoisotopic (exact) mass is 394 g/mol.